The van der Waals surface area contributed by atoms with Gasteiger partial charge < -0.3 is 19.0 Å². The van der Waals surface area contributed by atoms with Gasteiger partial charge in [-0.25, -0.2) is 0 Å². The van der Waals surface area contributed by atoms with E-state index in [2.05, 4.69) is 33.8 Å². The van der Waals surface area contributed by atoms with Crippen molar-refractivity contribution in [1.29, 1.82) is 0 Å². The number of allylic oxidation sites excluding steroid dienone is 2. The van der Waals surface area contributed by atoms with E-state index in [4.69, 9.17) is 13.9 Å². The number of carbonyl (C=O) groups is 2. The van der Waals surface area contributed by atoms with Crippen molar-refractivity contribution in [2.75, 3.05) is 6.61 Å². The molecule has 6 nitrogen and oxygen atoms in total. The normalized spacial score (nSPS) is 50.9. The van der Waals surface area contributed by atoms with Crippen LogP contribution in [0, 0.1) is 33.5 Å². The zero-order chi connectivity index (χ0) is 24.3. The Morgan fingerprint density at radius 2 is 1.94 bits per heavy atom. The van der Waals surface area contributed by atoms with Gasteiger partial charge in [-0.1, -0.05) is 45.4 Å². The summed E-state index contributed by atoms with van der Waals surface area (Å²) >= 11 is 0. The van der Waals surface area contributed by atoms with Gasteiger partial charge in [-0.3, -0.25) is 9.59 Å². The molecule has 6 heteroatoms. The monoisotopic (exact) mass is 466 g/mol. The second kappa shape index (κ2) is 6.73. The van der Waals surface area contributed by atoms with E-state index in [0.717, 1.165) is 17.6 Å². The number of aliphatic hydroxyl groups excluding tert-OH is 1. The molecule has 0 aromatic carbocycles. The first-order valence-electron chi connectivity index (χ1n) is 12.4. The Bertz CT molecular complexity index is 1120. The van der Waals surface area contributed by atoms with E-state index in [-0.39, 0.29) is 34.9 Å². The van der Waals surface area contributed by atoms with Crippen molar-refractivity contribution < 1.29 is 28.6 Å². The van der Waals surface area contributed by atoms with Gasteiger partial charge in [0.05, 0.1) is 31.3 Å². The third-order valence-electron chi connectivity index (χ3n) is 10.6. The number of rotatable bonds is 2. The highest BCUT2D eigenvalue weighted by Gasteiger charge is 2.76. The fraction of sp³-hybridized carbons (Fsp3) is 0.643. The highest BCUT2D eigenvalue weighted by molar-refractivity contribution is 5.97. The molecule has 2 heterocycles. The summed E-state index contributed by atoms with van der Waals surface area (Å²) in [7, 11) is 0. The van der Waals surface area contributed by atoms with Crippen LogP contribution in [0.1, 0.15) is 58.9 Å². The molecule has 0 unspecified atom stereocenters. The summed E-state index contributed by atoms with van der Waals surface area (Å²) in [5.74, 6) is -0.502. The maximum absolute atomic E-state index is 13.7. The van der Waals surface area contributed by atoms with E-state index < -0.39 is 34.6 Å². The van der Waals surface area contributed by atoms with Crippen molar-refractivity contribution in [3.8, 4) is 0 Å². The maximum atomic E-state index is 13.7. The molecule has 182 valence electrons. The lowest BCUT2D eigenvalue weighted by molar-refractivity contribution is -0.216. The van der Waals surface area contributed by atoms with E-state index in [1.165, 1.54) is 6.92 Å². The quantitative estimate of drug-likeness (QED) is 0.519. The van der Waals surface area contributed by atoms with Crippen LogP contribution in [0.2, 0.25) is 0 Å². The molecule has 1 N–H and O–H groups in total. The summed E-state index contributed by atoms with van der Waals surface area (Å²) in [4.78, 5) is 26.0. The molecule has 34 heavy (non-hydrogen) atoms. The van der Waals surface area contributed by atoms with Crippen LogP contribution in [-0.4, -0.2) is 41.8 Å². The predicted molar refractivity (Wildman–Crippen MR) is 124 cm³/mol. The molecule has 1 saturated heterocycles. The van der Waals surface area contributed by atoms with Crippen molar-refractivity contribution in [1.82, 2.24) is 0 Å². The predicted octanol–water partition coefficient (Wildman–Crippen LogP) is 4.20. The molecule has 0 amide bonds. The molecule has 1 aromatic heterocycles. The van der Waals surface area contributed by atoms with Crippen molar-refractivity contribution in [2.24, 2.45) is 33.5 Å². The van der Waals surface area contributed by atoms with Gasteiger partial charge >= 0.3 is 5.97 Å². The molecule has 4 aliphatic carbocycles. The molecule has 0 bridgehead atoms. The number of aliphatic hydroxyl groups is 1. The second-order valence-electron chi connectivity index (χ2n) is 12.1. The summed E-state index contributed by atoms with van der Waals surface area (Å²) < 4.78 is 17.8. The number of hydrogen-bond acceptors (Lipinski definition) is 6. The summed E-state index contributed by atoms with van der Waals surface area (Å²) in [5, 5.41) is 12.0. The maximum Gasteiger partial charge on any atom is 0.302 e. The van der Waals surface area contributed by atoms with Crippen molar-refractivity contribution in [3.63, 3.8) is 0 Å². The van der Waals surface area contributed by atoms with Gasteiger partial charge in [-0.05, 0) is 36.5 Å². The number of esters is 1. The Kier molecular flexibility index (Phi) is 4.41. The van der Waals surface area contributed by atoms with Crippen LogP contribution in [0.3, 0.4) is 0 Å². The summed E-state index contributed by atoms with van der Waals surface area (Å²) in [6, 6.07) is 1.97. The van der Waals surface area contributed by atoms with E-state index in [9.17, 15) is 14.7 Å². The Morgan fingerprint density at radius 1 is 1.18 bits per heavy atom. The highest BCUT2D eigenvalue weighted by atomic mass is 16.5. The van der Waals surface area contributed by atoms with Gasteiger partial charge in [0.2, 0.25) is 0 Å². The molecule has 1 aromatic rings. The molecule has 3 fully saturated rings. The molecular weight excluding hydrogens is 432 g/mol. The number of carbonyl (C=O) groups excluding carboxylic acids is 2. The van der Waals surface area contributed by atoms with Crippen LogP contribution in [0.4, 0.5) is 0 Å². The summed E-state index contributed by atoms with van der Waals surface area (Å²) in [5.41, 5.74) is -0.111. The van der Waals surface area contributed by atoms with E-state index >= 15 is 0 Å². The zero-order valence-corrected chi connectivity index (χ0v) is 20.5. The van der Waals surface area contributed by atoms with E-state index in [1.807, 2.05) is 12.1 Å². The summed E-state index contributed by atoms with van der Waals surface area (Å²) in [6.07, 6.45) is 9.06. The van der Waals surface area contributed by atoms with Gasteiger partial charge in [0, 0.05) is 40.4 Å². The van der Waals surface area contributed by atoms with E-state index in [0.29, 0.717) is 13.0 Å². The smallest absolute Gasteiger partial charge is 0.302 e. The fourth-order valence-electron chi connectivity index (χ4n) is 9.15. The van der Waals surface area contributed by atoms with Gasteiger partial charge in [-0.15, -0.1) is 0 Å². The first-order valence-corrected chi connectivity index (χ1v) is 12.4. The zero-order valence-electron chi connectivity index (χ0n) is 20.5. The van der Waals surface area contributed by atoms with Gasteiger partial charge in [0.25, 0.3) is 0 Å². The van der Waals surface area contributed by atoms with Crippen molar-refractivity contribution in [2.45, 2.75) is 71.7 Å². The second-order valence-corrected chi connectivity index (χ2v) is 12.1. The number of ether oxygens (including phenoxy) is 2. The number of ketones is 1. The average molecular weight is 467 g/mol. The number of fused-ring (bicyclic) bond motifs is 4. The lowest BCUT2D eigenvalue weighted by Gasteiger charge is -2.66. The molecule has 10 atom stereocenters. The Balaban J connectivity index is 1.56. The third kappa shape index (κ3) is 2.39. The largest absolute Gasteiger partial charge is 0.472 e. The topological polar surface area (TPSA) is 86.0 Å². The molecular formula is C28H34O6. The third-order valence-corrected chi connectivity index (χ3v) is 10.6. The van der Waals surface area contributed by atoms with Crippen LogP contribution in [0.25, 0.3) is 0 Å². The highest BCUT2D eigenvalue weighted by Crippen LogP contribution is 2.74. The minimum absolute atomic E-state index is 0.0535. The molecule has 2 saturated carbocycles. The first kappa shape index (κ1) is 22.3. The first-order chi connectivity index (χ1) is 16.0. The Labute approximate surface area is 200 Å². The Hall–Kier alpha value is -2.18. The lowest BCUT2D eigenvalue weighted by Crippen LogP contribution is -2.71. The van der Waals surface area contributed by atoms with E-state index in [1.54, 1.807) is 18.6 Å². The molecule has 0 spiro atoms. The SMILES string of the molecule is CC(=O)O[C@H]1C[C@H]2[C@](C)(C3=CC[C@@H](c4ccoc4)[C@@]31C)[C@H](O)[C@@H]1OC[C@]3(C)C=CC(=O)[C@@]2(C)[C@@H]13. The number of hydrogen-bond donors (Lipinski definition) is 1. The van der Waals surface area contributed by atoms with Gasteiger partial charge in [-0.2, -0.15) is 0 Å². The van der Waals surface area contributed by atoms with Crippen molar-refractivity contribution >= 4 is 11.8 Å². The molecule has 1 aliphatic heterocycles. The van der Waals surface area contributed by atoms with Crippen LogP contribution in [0.5, 0.6) is 0 Å². The van der Waals surface area contributed by atoms with Crippen LogP contribution < -0.4 is 0 Å². The molecule has 6 rings (SSSR count). The average Bonchev–Trinajstić information content (AvgIpc) is 3.50. The molecule has 0 radical (unpaired) electrons. The van der Waals surface area contributed by atoms with Gasteiger partial charge in [0.15, 0.2) is 5.78 Å². The van der Waals surface area contributed by atoms with Crippen LogP contribution in [0.15, 0.2) is 46.8 Å². The molecule has 5 aliphatic rings. The lowest BCUT2D eigenvalue weighted by atomic mass is 9.37. The minimum atomic E-state index is -0.761. The number of furan rings is 1. The fourth-order valence-corrected chi connectivity index (χ4v) is 9.15. The van der Waals surface area contributed by atoms with Gasteiger partial charge in [0.1, 0.15) is 6.10 Å². The summed E-state index contributed by atoms with van der Waals surface area (Å²) in [6.45, 7) is 10.4. The van der Waals surface area contributed by atoms with Crippen LogP contribution in [-0.2, 0) is 19.1 Å². The minimum Gasteiger partial charge on any atom is -0.472 e. The Morgan fingerprint density at radius 3 is 2.62 bits per heavy atom. The van der Waals surface area contributed by atoms with Crippen LogP contribution >= 0.6 is 0 Å². The van der Waals surface area contributed by atoms with Crippen molar-refractivity contribution in [3.05, 3.63) is 48.0 Å². The standard InChI is InChI=1S/C28H34O6/c1-15(29)34-21-12-19-27(4,18-7-6-17(26(18,21)3)16-9-11-32-13-16)24(31)22-23-25(2,14-33-22)10-8-20(30)28(19,23)5/h7-11,13,17,19,21-24,31H,6,12,14H2,1-5H3/t17-,19-,21-,22+,23-,24+,25-,26-,27-,28-/m0/s1.